The van der Waals surface area contributed by atoms with Crippen LogP contribution in [-0.2, 0) is 13.0 Å². The first kappa shape index (κ1) is 14.6. The molecule has 0 aromatic heterocycles. The van der Waals surface area contributed by atoms with Crippen LogP contribution in [0.2, 0.25) is 5.02 Å². The lowest BCUT2D eigenvalue weighted by atomic mass is 9.80. The molecule has 1 nitrogen and oxygen atoms in total. The van der Waals surface area contributed by atoms with Gasteiger partial charge in [-0.05, 0) is 60.5 Å². The van der Waals surface area contributed by atoms with Crippen LogP contribution in [0.3, 0.4) is 0 Å². The maximum Gasteiger partial charge on any atom is 0.0406 e. The first-order valence-corrected chi connectivity index (χ1v) is 8.23. The number of benzene rings is 2. The number of hydrogen-bond acceptors (Lipinski definition) is 1. The Morgan fingerprint density at radius 1 is 0.905 bits per heavy atom. The Bertz CT molecular complexity index is 555. The van der Waals surface area contributed by atoms with Crippen molar-refractivity contribution in [2.75, 3.05) is 6.54 Å². The summed E-state index contributed by atoms with van der Waals surface area (Å²) in [5, 5.41) is 4.31. The van der Waals surface area contributed by atoms with E-state index in [2.05, 4.69) is 41.7 Å². The summed E-state index contributed by atoms with van der Waals surface area (Å²) in [6.45, 7) is 1.94. The lowest BCUT2D eigenvalue weighted by molar-refractivity contribution is 0.419. The molecule has 1 saturated carbocycles. The average molecular weight is 300 g/mol. The zero-order chi connectivity index (χ0) is 14.5. The quantitative estimate of drug-likeness (QED) is 0.745. The van der Waals surface area contributed by atoms with Crippen molar-refractivity contribution in [2.24, 2.45) is 0 Å². The van der Waals surface area contributed by atoms with Gasteiger partial charge in [-0.25, -0.2) is 0 Å². The molecule has 1 aliphatic carbocycles. The summed E-state index contributed by atoms with van der Waals surface area (Å²) in [6, 6.07) is 17.2. The van der Waals surface area contributed by atoms with E-state index in [0.717, 1.165) is 30.5 Å². The van der Waals surface area contributed by atoms with Crippen molar-refractivity contribution < 1.29 is 0 Å². The molecule has 3 rings (SSSR count). The van der Waals surface area contributed by atoms with Crippen molar-refractivity contribution in [1.29, 1.82) is 0 Å². The van der Waals surface area contributed by atoms with Crippen molar-refractivity contribution in [3.63, 3.8) is 0 Å². The first-order valence-electron chi connectivity index (χ1n) is 7.85. The minimum absolute atomic E-state index is 0.804. The Balaban J connectivity index is 1.41. The summed E-state index contributed by atoms with van der Waals surface area (Å²) in [5.41, 5.74) is 4.22. The molecule has 0 aliphatic heterocycles. The second-order valence-electron chi connectivity index (χ2n) is 5.92. The smallest absolute Gasteiger partial charge is 0.0406 e. The summed E-state index contributed by atoms with van der Waals surface area (Å²) in [5.74, 6) is 0.830. The van der Waals surface area contributed by atoms with Gasteiger partial charge in [-0.3, -0.25) is 0 Å². The van der Waals surface area contributed by atoms with E-state index in [1.54, 1.807) is 0 Å². The van der Waals surface area contributed by atoms with Crippen LogP contribution in [0.1, 0.15) is 41.9 Å². The highest BCUT2D eigenvalue weighted by Gasteiger charge is 2.18. The largest absolute Gasteiger partial charge is 0.312 e. The summed E-state index contributed by atoms with van der Waals surface area (Å²) in [6.07, 6.45) is 5.19. The molecule has 0 spiro atoms. The molecule has 1 fully saturated rings. The zero-order valence-corrected chi connectivity index (χ0v) is 13.1. The fourth-order valence-corrected chi connectivity index (χ4v) is 2.89. The number of halogens is 1. The third kappa shape index (κ3) is 4.09. The third-order valence-electron chi connectivity index (χ3n) is 4.39. The molecule has 2 aromatic rings. The molecule has 0 atom stereocenters. The van der Waals surface area contributed by atoms with E-state index < -0.39 is 0 Å². The van der Waals surface area contributed by atoms with Gasteiger partial charge in [0.05, 0.1) is 0 Å². The van der Waals surface area contributed by atoms with Crippen LogP contribution in [0, 0.1) is 0 Å². The summed E-state index contributed by atoms with van der Waals surface area (Å²) in [4.78, 5) is 0. The summed E-state index contributed by atoms with van der Waals surface area (Å²) in [7, 11) is 0. The maximum absolute atomic E-state index is 5.89. The van der Waals surface area contributed by atoms with Gasteiger partial charge in [-0.1, -0.05) is 54.4 Å². The summed E-state index contributed by atoms with van der Waals surface area (Å²) >= 11 is 5.89. The van der Waals surface area contributed by atoms with Crippen LogP contribution < -0.4 is 5.32 Å². The first-order chi connectivity index (χ1) is 10.3. The van der Waals surface area contributed by atoms with Crippen molar-refractivity contribution in [3.8, 4) is 0 Å². The molecule has 0 amide bonds. The van der Waals surface area contributed by atoms with Crippen molar-refractivity contribution in [1.82, 2.24) is 5.32 Å². The molecule has 1 aliphatic rings. The predicted molar refractivity (Wildman–Crippen MR) is 89.9 cm³/mol. The van der Waals surface area contributed by atoms with Crippen LogP contribution in [-0.4, -0.2) is 6.54 Å². The SMILES string of the molecule is Clc1ccc(CCNCc2ccc(C3CCC3)cc2)cc1. The molecular weight excluding hydrogens is 278 g/mol. The van der Waals surface area contributed by atoms with Crippen LogP contribution in [0.5, 0.6) is 0 Å². The van der Waals surface area contributed by atoms with E-state index in [-0.39, 0.29) is 0 Å². The van der Waals surface area contributed by atoms with Gasteiger partial charge >= 0.3 is 0 Å². The van der Waals surface area contributed by atoms with Gasteiger partial charge in [-0.15, -0.1) is 0 Å². The second kappa shape index (κ2) is 7.11. The highest BCUT2D eigenvalue weighted by molar-refractivity contribution is 6.30. The van der Waals surface area contributed by atoms with E-state index in [1.807, 2.05) is 12.1 Å². The van der Waals surface area contributed by atoms with E-state index in [0.29, 0.717) is 0 Å². The number of hydrogen-bond donors (Lipinski definition) is 1. The van der Waals surface area contributed by atoms with Gasteiger partial charge in [-0.2, -0.15) is 0 Å². The Labute approximate surface area is 132 Å². The maximum atomic E-state index is 5.89. The molecule has 110 valence electrons. The molecule has 0 radical (unpaired) electrons. The molecule has 2 heteroatoms. The highest BCUT2D eigenvalue weighted by atomic mass is 35.5. The lowest BCUT2D eigenvalue weighted by Crippen LogP contribution is -2.16. The average Bonchev–Trinajstić information content (AvgIpc) is 2.45. The Morgan fingerprint density at radius 3 is 2.19 bits per heavy atom. The molecule has 2 aromatic carbocycles. The van der Waals surface area contributed by atoms with Crippen molar-refractivity contribution in [3.05, 3.63) is 70.2 Å². The standard InChI is InChI=1S/C19H22ClN/c20-19-10-6-15(7-11-19)12-13-21-14-16-4-8-18(9-5-16)17-2-1-3-17/h4-11,17,21H,1-3,12-14H2. The molecule has 21 heavy (non-hydrogen) atoms. The monoisotopic (exact) mass is 299 g/mol. The van der Waals surface area contributed by atoms with Gasteiger partial charge < -0.3 is 5.32 Å². The Hall–Kier alpha value is -1.31. The minimum Gasteiger partial charge on any atom is -0.312 e. The Morgan fingerprint density at radius 2 is 1.57 bits per heavy atom. The van der Waals surface area contributed by atoms with Gasteiger partial charge in [0.2, 0.25) is 0 Å². The fraction of sp³-hybridized carbons (Fsp3) is 0.368. The van der Waals surface area contributed by atoms with Crippen molar-refractivity contribution >= 4 is 11.6 Å². The van der Waals surface area contributed by atoms with Gasteiger partial charge in [0.15, 0.2) is 0 Å². The topological polar surface area (TPSA) is 12.0 Å². The zero-order valence-electron chi connectivity index (χ0n) is 12.3. The van der Waals surface area contributed by atoms with Crippen LogP contribution in [0.15, 0.2) is 48.5 Å². The van der Waals surface area contributed by atoms with Crippen LogP contribution in [0.4, 0.5) is 0 Å². The van der Waals surface area contributed by atoms with E-state index in [9.17, 15) is 0 Å². The second-order valence-corrected chi connectivity index (χ2v) is 6.36. The third-order valence-corrected chi connectivity index (χ3v) is 4.64. The van der Waals surface area contributed by atoms with E-state index in [1.165, 1.54) is 36.0 Å². The van der Waals surface area contributed by atoms with Gasteiger partial charge in [0.1, 0.15) is 0 Å². The van der Waals surface area contributed by atoms with Crippen molar-refractivity contribution in [2.45, 2.75) is 38.1 Å². The molecule has 0 unspecified atom stereocenters. The molecule has 1 N–H and O–H groups in total. The van der Waals surface area contributed by atoms with Crippen LogP contribution in [0.25, 0.3) is 0 Å². The van der Waals surface area contributed by atoms with Gasteiger partial charge in [0, 0.05) is 11.6 Å². The lowest BCUT2D eigenvalue weighted by Gasteiger charge is -2.25. The molecule has 0 saturated heterocycles. The Kier molecular flexibility index (Phi) is 4.95. The molecular formula is C19H22ClN. The number of nitrogens with one attached hydrogen (secondary N) is 1. The normalized spacial score (nSPS) is 14.9. The van der Waals surface area contributed by atoms with Crippen LogP contribution >= 0.6 is 11.6 Å². The number of rotatable bonds is 6. The van der Waals surface area contributed by atoms with E-state index >= 15 is 0 Å². The minimum atomic E-state index is 0.804. The molecule has 0 bridgehead atoms. The predicted octanol–water partition coefficient (Wildman–Crippen LogP) is 4.94. The molecule has 0 heterocycles. The van der Waals surface area contributed by atoms with Gasteiger partial charge in [0.25, 0.3) is 0 Å². The summed E-state index contributed by atoms with van der Waals surface area (Å²) < 4.78 is 0. The fourth-order valence-electron chi connectivity index (χ4n) is 2.77. The highest BCUT2D eigenvalue weighted by Crippen LogP contribution is 2.36. The van der Waals surface area contributed by atoms with E-state index in [4.69, 9.17) is 11.6 Å².